The molecular weight excluding hydrogens is 193 g/mol. The quantitative estimate of drug-likeness (QED) is 0.508. The number of hydrogen-bond acceptors (Lipinski definition) is 4. The predicted octanol–water partition coefficient (Wildman–Crippen LogP) is 1.51. The van der Waals surface area contributed by atoms with Gasteiger partial charge in [-0.2, -0.15) is 0 Å². The first-order chi connectivity index (χ1) is 6.68. The lowest BCUT2D eigenvalue weighted by Gasteiger charge is -2.17. The number of nitro groups is 1. The summed E-state index contributed by atoms with van der Waals surface area (Å²) in [5.41, 5.74) is -0.341. The van der Waals surface area contributed by atoms with Crippen molar-refractivity contribution in [1.29, 1.82) is 0 Å². The van der Waals surface area contributed by atoms with Crippen LogP contribution in [0.4, 0.5) is 10.1 Å². The topological polar surface area (TPSA) is 61.6 Å². The van der Waals surface area contributed by atoms with Gasteiger partial charge >= 0.3 is 0 Å². The van der Waals surface area contributed by atoms with E-state index >= 15 is 0 Å². The summed E-state index contributed by atoms with van der Waals surface area (Å²) >= 11 is 0. The first-order valence-electron chi connectivity index (χ1n) is 3.92. The summed E-state index contributed by atoms with van der Waals surface area (Å²) in [6.07, 6.45) is 0. The van der Waals surface area contributed by atoms with Crippen LogP contribution in [0.2, 0.25) is 0 Å². The molecule has 1 aromatic rings. The summed E-state index contributed by atoms with van der Waals surface area (Å²) < 4.78 is 23.2. The second-order valence-electron chi connectivity index (χ2n) is 2.71. The van der Waals surface area contributed by atoms with Gasteiger partial charge in [0.25, 0.3) is 5.69 Å². The standard InChI is InChI=1S/C8H6FNO4/c9-6-3-5(10(11)12)4-7-8(6)14-2-1-13-7/h3-4H,1-2H2. The maximum absolute atomic E-state index is 13.2. The van der Waals surface area contributed by atoms with Gasteiger partial charge in [-0.1, -0.05) is 0 Å². The third-order valence-electron chi connectivity index (χ3n) is 1.79. The van der Waals surface area contributed by atoms with Gasteiger partial charge in [0.2, 0.25) is 0 Å². The Morgan fingerprint density at radius 2 is 2.07 bits per heavy atom. The lowest BCUT2D eigenvalue weighted by atomic mass is 10.2. The summed E-state index contributed by atoms with van der Waals surface area (Å²) in [6.45, 7) is 0.523. The zero-order chi connectivity index (χ0) is 10.1. The van der Waals surface area contributed by atoms with Gasteiger partial charge in [-0.05, 0) is 0 Å². The minimum Gasteiger partial charge on any atom is -0.486 e. The Labute approximate surface area is 78.2 Å². The summed E-state index contributed by atoms with van der Waals surface area (Å²) in [5, 5.41) is 10.4. The van der Waals surface area contributed by atoms with Crippen LogP contribution in [-0.2, 0) is 0 Å². The molecule has 0 radical (unpaired) electrons. The Balaban J connectivity index is 2.51. The minimum atomic E-state index is -0.770. The number of hydrogen-bond donors (Lipinski definition) is 0. The van der Waals surface area contributed by atoms with E-state index in [1.807, 2.05) is 0 Å². The van der Waals surface area contributed by atoms with Crippen LogP contribution in [0.25, 0.3) is 0 Å². The molecule has 1 aliphatic rings. The van der Waals surface area contributed by atoms with Gasteiger partial charge in [0.1, 0.15) is 13.2 Å². The molecule has 74 valence electrons. The van der Waals surface area contributed by atoms with Gasteiger partial charge in [0.05, 0.1) is 17.1 Å². The number of ether oxygens (including phenoxy) is 2. The van der Waals surface area contributed by atoms with E-state index in [-0.39, 0.29) is 30.4 Å². The van der Waals surface area contributed by atoms with E-state index in [1.165, 1.54) is 0 Å². The van der Waals surface area contributed by atoms with Crippen LogP contribution in [0.5, 0.6) is 11.5 Å². The third-order valence-corrected chi connectivity index (χ3v) is 1.79. The molecule has 1 aromatic carbocycles. The Hall–Kier alpha value is -1.85. The highest BCUT2D eigenvalue weighted by Crippen LogP contribution is 2.36. The Morgan fingerprint density at radius 1 is 1.36 bits per heavy atom. The molecule has 0 atom stereocenters. The fraction of sp³-hybridized carbons (Fsp3) is 0.250. The maximum Gasteiger partial charge on any atom is 0.276 e. The lowest BCUT2D eigenvalue weighted by Crippen LogP contribution is -2.16. The zero-order valence-electron chi connectivity index (χ0n) is 7.03. The number of halogens is 1. The van der Waals surface area contributed by atoms with Gasteiger partial charge in [-0.15, -0.1) is 0 Å². The van der Waals surface area contributed by atoms with Crippen molar-refractivity contribution in [1.82, 2.24) is 0 Å². The molecule has 0 fully saturated rings. The van der Waals surface area contributed by atoms with Crippen molar-refractivity contribution in [3.05, 3.63) is 28.1 Å². The van der Waals surface area contributed by atoms with Crippen LogP contribution in [0, 0.1) is 15.9 Å². The second kappa shape index (κ2) is 3.13. The van der Waals surface area contributed by atoms with Crippen molar-refractivity contribution in [2.45, 2.75) is 0 Å². The smallest absolute Gasteiger partial charge is 0.276 e. The fourth-order valence-electron chi connectivity index (χ4n) is 1.20. The fourth-order valence-corrected chi connectivity index (χ4v) is 1.20. The molecule has 14 heavy (non-hydrogen) atoms. The molecule has 0 saturated carbocycles. The van der Waals surface area contributed by atoms with E-state index < -0.39 is 10.7 Å². The number of fused-ring (bicyclic) bond motifs is 1. The van der Waals surface area contributed by atoms with Crippen LogP contribution >= 0.6 is 0 Å². The molecule has 0 spiro atoms. The summed E-state index contributed by atoms with van der Waals surface area (Å²) in [4.78, 5) is 9.70. The molecule has 0 aliphatic carbocycles. The van der Waals surface area contributed by atoms with E-state index in [2.05, 4.69) is 0 Å². The van der Waals surface area contributed by atoms with Crippen molar-refractivity contribution in [2.75, 3.05) is 13.2 Å². The van der Waals surface area contributed by atoms with Crippen LogP contribution < -0.4 is 9.47 Å². The molecule has 0 amide bonds. The monoisotopic (exact) mass is 199 g/mol. The Morgan fingerprint density at radius 3 is 2.79 bits per heavy atom. The highest BCUT2D eigenvalue weighted by molar-refractivity contribution is 5.50. The molecular formula is C8H6FNO4. The number of benzene rings is 1. The predicted molar refractivity (Wildman–Crippen MR) is 44.0 cm³/mol. The van der Waals surface area contributed by atoms with Crippen molar-refractivity contribution >= 4 is 5.69 Å². The number of nitrogens with zero attached hydrogens (tertiary/aromatic N) is 1. The second-order valence-corrected chi connectivity index (χ2v) is 2.71. The first-order valence-corrected chi connectivity index (χ1v) is 3.92. The molecule has 0 bridgehead atoms. The highest BCUT2D eigenvalue weighted by atomic mass is 19.1. The maximum atomic E-state index is 13.2. The number of nitro benzene ring substituents is 1. The molecule has 1 heterocycles. The van der Waals surface area contributed by atoms with Gasteiger partial charge in [-0.3, -0.25) is 10.1 Å². The van der Waals surface area contributed by atoms with Crippen molar-refractivity contribution in [2.24, 2.45) is 0 Å². The molecule has 2 rings (SSSR count). The van der Waals surface area contributed by atoms with E-state index in [4.69, 9.17) is 9.47 Å². The highest BCUT2D eigenvalue weighted by Gasteiger charge is 2.21. The number of rotatable bonds is 1. The molecule has 0 saturated heterocycles. The molecule has 0 aromatic heterocycles. The van der Waals surface area contributed by atoms with Crippen molar-refractivity contribution < 1.29 is 18.8 Å². The van der Waals surface area contributed by atoms with Gasteiger partial charge in [0, 0.05) is 0 Å². The van der Waals surface area contributed by atoms with Crippen molar-refractivity contribution in [3.63, 3.8) is 0 Å². The molecule has 0 N–H and O–H groups in total. The van der Waals surface area contributed by atoms with E-state index in [0.717, 1.165) is 12.1 Å². The average molecular weight is 199 g/mol. The molecule has 5 nitrogen and oxygen atoms in total. The van der Waals surface area contributed by atoms with E-state index in [9.17, 15) is 14.5 Å². The zero-order valence-corrected chi connectivity index (χ0v) is 7.03. The van der Waals surface area contributed by atoms with E-state index in [1.54, 1.807) is 0 Å². The largest absolute Gasteiger partial charge is 0.486 e. The Kier molecular flexibility index (Phi) is 1.95. The van der Waals surface area contributed by atoms with Gasteiger partial charge in [-0.25, -0.2) is 4.39 Å². The lowest BCUT2D eigenvalue weighted by molar-refractivity contribution is -0.385. The Bertz CT molecular complexity index is 393. The number of non-ortho nitro benzene ring substituents is 1. The van der Waals surface area contributed by atoms with Crippen LogP contribution in [-0.4, -0.2) is 18.1 Å². The van der Waals surface area contributed by atoms with Crippen LogP contribution in [0.3, 0.4) is 0 Å². The van der Waals surface area contributed by atoms with Crippen LogP contribution in [0.15, 0.2) is 12.1 Å². The summed E-state index contributed by atoms with van der Waals surface area (Å²) in [5.74, 6) is -0.737. The molecule has 1 aliphatic heterocycles. The average Bonchev–Trinajstić information content (AvgIpc) is 2.17. The van der Waals surface area contributed by atoms with Gasteiger partial charge < -0.3 is 9.47 Å². The minimum absolute atomic E-state index is 0.0538. The normalized spacial score (nSPS) is 13.8. The SMILES string of the molecule is O=[N+]([O-])c1cc(F)c2c(c1)OCCO2. The third kappa shape index (κ3) is 1.34. The molecule has 0 unspecified atom stereocenters. The van der Waals surface area contributed by atoms with Crippen LogP contribution in [0.1, 0.15) is 0 Å². The van der Waals surface area contributed by atoms with Gasteiger partial charge in [0.15, 0.2) is 17.3 Å². The first kappa shape index (κ1) is 8.74. The summed E-state index contributed by atoms with van der Waals surface area (Å²) in [6, 6.07) is 1.96. The summed E-state index contributed by atoms with van der Waals surface area (Å²) in [7, 11) is 0. The molecule has 6 heteroatoms. The van der Waals surface area contributed by atoms with E-state index in [0.29, 0.717) is 0 Å². The van der Waals surface area contributed by atoms with Crippen molar-refractivity contribution in [3.8, 4) is 11.5 Å².